The Morgan fingerprint density at radius 1 is 0.939 bits per heavy atom. The molecule has 0 fully saturated rings. The van der Waals surface area contributed by atoms with Crippen LogP contribution in [0.1, 0.15) is 18.1 Å². The standard InChI is InChI=1S/C25H19ClFN3O3/c1-14-20(26)4-3-5-21(14)29-23-22(16-6-10-18(11-7-16)28-15(2)31)24(32)30(25(23)33)19-12-8-17(27)9-13-19/h3-13,29H,1-2H3,(H,28,31). The van der Waals surface area contributed by atoms with E-state index in [0.29, 0.717) is 27.5 Å². The van der Waals surface area contributed by atoms with Gasteiger partial charge in [-0.2, -0.15) is 0 Å². The van der Waals surface area contributed by atoms with Gasteiger partial charge in [0.25, 0.3) is 11.8 Å². The maximum atomic E-state index is 13.4. The normalized spacial score (nSPS) is 13.5. The molecule has 3 amide bonds. The topological polar surface area (TPSA) is 78.5 Å². The Hall–Kier alpha value is -3.97. The third-order valence-corrected chi connectivity index (χ3v) is 5.60. The van der Waals surface area contributed by atoms with Crippen LogP contribution >= 0.6 is 11.6 Å². The lowest BCUT2D eigenvalue weighted by atomic mass is 10.0. The van der Waals surface area contributed by atoms with Gasteiger partial charge in [0.2, 0.25) is 5.91 Å². The van der Waals surface area contributed by atoms with Crippen molar-refractivity contribution in [2.24, 2.45) is 0 Å². The van der Waals surface area contributed by atoms with Gasteiger partial charge in [-0.15, -0.1) is 0 Å². The van der Waals surface area contributed by atoms with E-state index < -0.39 is 17.6 Å². The summed E-state index contributed by atoms with van der Waals surface area (Å²) < 4.78 is 13.4. The summed E-state index contributed by atoms with van der Waals surface area (Å²) in [6.07, 6.45) is 0. The Bertz CT molecular complexity index is 1300. The van der Waals surface area contributed by atoms with Gasteiger partial charge in [-0.3, -0.25) is 14.4 Å². The van der Waals surface area contributed by atoms with E-state index in [1.54, 1.807) is 49.4 Å². The number of amides is 3. The molecule has 0 bridgehead atoms. The Balaban J connectivity index is 1.81. The second kappa shape index (κ2) is 8.88. The first-order valence-corrected chi connectivity index (χ1v) is 10.4. The number of hydrogen-bond donors (Lipinski definition) is 2. The van der Waals surface area contributed by atoms with E-state index in [1.807, 2.05) is 0 Å². The van der Waals surface area contributed by atoms with Gasteiger partial charge in [-0.05, 0) is 66.6 Å². The molecule has 0 radical (unpaired) electrons. The number of carbonyl (C=O) groups excluding carboxylic acids is 3. The van der Waals surface area contributed by atoms with E-state index in [1.165, 1.54) is 31.2 Å². The molecule has 33 heavy (non-hydrogen) atoms. The molecule has 0 spiro atoms. The second-order valence-corrected chi connectivity index (χ2v) is 7.88. The number of hydrogen-bond acceptors (Lipinski definition) is 4. The number of benzene rings is 3. The number of halogens is 2. The zero-order chi connectivity index (χ0) is 23.7. The number of carbonyl (C=O) groups is 3. The quantitative estimate of drug-likeness (QED) is 0.513. The molecule has 0 aliphatic carbocycles. The highest BCUT2D eigenvalue weighted by molar-refractivity contribution is 6.46. The van der Waals surface area contributed by atoms with Gasteiger partial charge in [0, 0.05) is 23.3 Å². The first kappa shape index (κ1) is 22.2. The Labute approximate surface area is 194 Å². The molecule has 0 saturated heterocycles. The molecular formula is C25H19ClFN3O3. The van der Waals surface area contributed by atoms with Crippen LogP contribution in [0.3, 0.4) is 0 Å². The average molecular weight is 464 g/mol. The summed E-state index contributed by atoms with van der Waals surface area (Å²) in [6, 6.07) is 16.9. The van der Waals surface area contributed by atoms with Gasteiger partial charge in [0.15, 0.2) is 0 Å². The zero-order valence-electron chi connectivity index (χ0n) is 17.8. The fourth-order valence-corrected chi connectivity index (χ4v) is 3.71. The van der Waals surface area contributed by atoms with Gasteiger partial charge in [-0.1, -0.05) is 29.8 Å². The molecule has 0 saturated carbocycles. The molecule has 166 valence electrons. The third-order valence-electron chi connectivity index (χ3n) is 5.19. The molecule has 1 heterocycles. The van der Waals surface area contributed by atoms with E-state index in [0.717, 1.165) is 4.90 Å². The SMILES string of the molecule is CC(=O)Nc1ccc(C2=C(Nc3cccc(Cl)c3C)C(=O)N(c3ccc(F)cc3)C2=O)cc1. The summed E-state index contributed by atoms with van der Waals surface area (Å²) in [4.78, 5) is 39.1. The zero-order valence-corrected chi connectivity index (χ0v) is 18.5. The van der Waals surface area contributed by atoms with Crippen LogP contribution in [0, 0.1) is 12.7 Å². The highest BCUT2D eigenvalue weighted by atomic mass is 35.5. The number of imide groups is 1. The molecule has 1 aliphatic rings. The van der Waals surface area contributed by atoms with Gasteiger partial charge in [0.1, 0.15) is 11.5 Å². The minimum Gasteiger partial charge on any atom is -0.350 e. The summed E-state index contributed by atoms with van der Waals surface area (Å²) in [7, 11) is 0. The van der Waals surface area contributed by atoms with Crippen LogP contribution in [-0.4, -0.2) is 17.7 Å². The molecule has 0 unspecified atom stereocenters. The molecular weight excluding hydrogens is 445 g/mol. The second-order valence-electron chi connectivity index (χ2n) is 7.47. The predicted molar refractivity (Wildman–Crippen MR) is 126 cm³/mol. The molecule has 1 aliphatic heterocycles. The summed E-state index contributed by atoms with van der Waals surface area (Å²) in [6.45, 7) is 3.19. The lowest BCUT2D eigenvalue weighted by molar-refractivity contribution is -0.120. The van der Waals surface area contributed by atoms with Crippen molar-refractivity contribution in [1.29, 1.82) is 0 Å². The van der Waals surface area contributed by atoms with E-state index >= 15 is 0 Å². The fourth-order valence-electron chi connectivity index (χ4n) is 3.54. The molecule has 4 rings (SSSR count). The maximum Gasteiger partial charge on any atom is 0.282 e. The van der Waals surface area contributed by atoms with Crippen LogP contribution in [0.15, 0.2) is 72.4 Å². The van der Waals surface area contributed by atoms with E-state index in [9.17, 15) is 18.8 Å². The van der Waals surface area contributed by atoms with Crippen molar-refractivity contribution < 1.29 is 18.8 Å². The molecule has 0 aromatic heterocycles. The average Bonchev–Trinajstić information content (AvgIpc) is 3.02. The van der Waals surface area contributed by atoms with Crippen LogP contribution in [-0.2, 0) is 14.4 Å². The lowest BCUT2D eigenvalue weighted by Gasteiger charge is -2.16. The van der Waals surface area contributed by atoms with Gasteiger partial charge >= 0.3 is 0 Å². The minimum atomic E-state index is -0.577. The molecule has 8 heteroatoms. The summed E-state index contributed by atoms with van der Waals surface area (Å²) in [5.41, 5.74) is 2.80. The first-order chi connectivity index (χ1) is 15.8. The maximum absolute atomic E-state index is 13.4. The van der Waals surface area contributed by atoms with Crippen molar-refractivity contribution in [2.75, 3.05) is 15.5 Å². The van der Waals surface area contributed by atoms with Gasteiger partial charge in [0.05, 0.1) is 11.3 Å². The minimum absolute atomic E-state index is 0.0713. The number of anilines is 3. The smallest absolute Gasteiger partial charge is 0.282 e. The number of nitrogens with one attached hydrogen (secondary N) is 2. The Kier molecular flexibility index (Phi) is 5.98. The van der Waals surface area contributed by atoms with E-state index in [-0.39, 0.29) is 22.9 Å². The highest BCUT2D eigenvalue weighted by Crippen LogP contribution is 2.35. The van der Waals surface area contributed by atoms with Crippen LogP contribution in [0.25, 0.3) is 5.57 Å². The number of nitrogens with zero attached hydrogens (tertiary/aromatic N) is 1. The summed E-state index contributed by atoms with van der Waals surface area (Å²) in [5.74, 6) is -1.84. The number of rotatable bonds is 5. The molecule has 6 nitrogen and oxygen atoms in total. The van der Waals surface area contributed by atoms with Crippen molar-refractivity contribution in [3.8, 4) is 0 Å². The summed E-state index contributed by atoms with van der Waals surface area (Å²) >= 11 is 6.23. The molecule has 2 N–H and O–H groups in total. The van der Waals surface area contributed by atoms with Crippen molar-refractivity contribution in [3.63, 3.8) is 0 Å². The van der Waals surface area contributed by atoms with Crippen LogP contribution in [0.2, 0.25) is 5.02 Å². The Morgan fingerprint density at radius 2 is 1.61 bits per heavy atom. The molecule has 3 aromatic carbocycles. The monoisotopic (exact) mass is 463 g/mol. The van der Waals surface area contributed by atoms with Gasteiger partial charge < -0.3 is 10.6 Å². The lowest BCUT2D eigenvalue weighted by Crippen LogP contribution is -2.32. The van der Waals surface area contributed by atoms with Crippen molar-refractivity contribution in [3.05, 3.63) is 94.4 Å². The van der Waals surface area contributed by atoms with E-state index in [4.69, 9.17) is 11.6 Å². The first-order valence-electron chi connectivity index (χ1n) is 10.0. The summed E-state index contributed by atoms with van der Waals surface area (Å²) in [5, 5.41) is 6.25. The van der Waals surface area contributed by atoms with Gasteiger partial charge in [-0.25, -0.2) is 9.29 Å². The van der Waals surface area contributed by atoms with Crippen molar-refractivity contribution in [1.82, 2.24) is 0 Å². The fraction of sp³-hybridized carbons (Fsp3) is 0.0800. The predicted octanol–water partition coefficient (Wildman–Crippen LogP) is 5.14. The van der Waals surface area contributed by atoms with Crippen molar-refractivity contribution >= 4 is 52.0 Å². The van der Waals surface area contributed by atoms with Crippen LogP contribution in [0.4, 0.5) is 21.5 Å². The Morgan fingerprint density at radius 3 is 2.24 bits per heavy atom. The third kappa shape index (κ3) is 4.36. The highest BCUT2D eigenvalue weighted by Gasteiger charge is 2.40. The largest absolute Gasteiger partial charge is 0.350 e. The van der Waals surface area contributed by atoms with Crippen molar-refractivity contribution in [2.45, 2.75) is 13.8 Å². The van der Waals surface area contributed by atoms with E-state index in [2.05, 4.69) is 10.6 Å². The molecule has 3 aromatic rings. The van der Waals surface area contributed by atoms with Crippen LogP contribution < -0.4 is 15.5 Å². The molecule has 0 atom stereocenters. The van der Waals surface area contributed by atoms with Crippen LogP contribution in [0.5, 0.6) is 0 Å².